The van der Waals surface area contributed by atoms with Crippen LogP contribution in [0.15, 0.2) is 54.9 Å². The lowest BCUT2D eigenvalue weighted by atomic mass is 10.2. The fourth-order valence-corrected chi connectivity index (χ4v) is 1.58. The fraction of sp³-hybridized carbons (Fsp3) is 0.0833. The molecule has 1 aromatic carbocycles. The molecule has 0 saturated heterocycles. The predicted molar refractivity (Wildman–Crippen MR) is 57.2 cm³/mol. The van der Waals surface area contributed by atoms with Gasteiger partial charge in [-0.05, 0) is 6.07 Å². The molecule has 70 valence electrons. The summed E-state index contributed by atoms with van der Waals surface area (Å²) in [5.74, 6) is 0. The van der Waals surface area contributed by atoms with Crippen LogP contribution in [0.25, 0.3) is 0 Å². The molecule has 1 nitrogen and oxygen atoms in total. The van der Waals surface area contributed by atoms with E-state index in [4.69, 9.17) is 11.6 Å². The zero-order chi connectivity index (χ0) is 9.80. The highest BCUT2D eigenvalue weighted by molar-refractivity contribution is 6.30. The van der Waals surface area contributed by atoms with Crippen molar-refractivity contribution in [3.8, 4) is 0 Å². The van der Waals surface area contributed by atoms with Crippen LogP contribution in [0, 0.1) is 0 Å². The summed E-state index contributed by atoms with van der Waals surface area (Å²) in [6.45, 7) is 0.862. The maximum atomic E-state index is 5.89. The van der Waals surface area contributed by atoms with Crippen molar-refractivity contribution >= 4 is 11.6 Å². The Balaban J connectivity index is 2.19. The second kappa shape index (κ2) is 4.25. The van der Waals surface area contributed by atoms with Crippen LogP contribution in [0.1, 0.15) is 5.56 Å². The van der Waals surface area contributed by atoms with Crippen molar-refractivity contribution in [1.82, 2.24) is 0 Å². The Bertz CT molecular complexity index is 412. The molecule has 1 aromatic heterocycles. The zero-order valence-electron chi connectivity index (χ0n) is 7.73. The monoisotopic (exact) mass is 204 g/mol. The van der Waals surface area contributed by atoms with Gasteiger partial charge in [-0.25, -0.2) is 0 Å². The van der Waals surface area contributed by atoms with Gasteiger partial charge in [-0.3, -0.25) is 0 Å². The van der Waals surface area contributed by atoms with E-state index in [1.165, 1.54) is 5.56 Å². The molecule has 0 amide bonds. The van der Waals surface area contributed by atoms with Gasteiger partial charge in [0.05, 0.1) is 0 Å². The van der Waals surface area contributed by atoms with E-state index in [9.17, 15) is 0 Å². The lowest BCUT2D eigenvalue weighted by molar-refractivity contribution is -0.688. The summed E-state index contributed by atoms with van der Waals surface area (Å²) in [6, 6.07) is 14.1. The number of benzene rings is 1. The first-order valence-electron chi connectivity index (χ1n) is 4.53. The third-order valence-corrected chi connectivity index (χ3v) is 2.25. The molecule has 0 N–H and O–H groups in total. The highest BCUT2D eigenvalue weighted by Crippen LogP contribution is 2.03. The summed E-state index contributed by atoms with van der Waals surface area (Å²) < 4.78 is 2.07. The summed E-state index contributed by atoms with van der Waals surface area (Å²) in [4.78, 5) is 0. The molecule has 0 atom stereocenters. The normalized spacial score (nSPS) is 10.1. The Morgan fingerprint density at radius 3 is 2.50 bits per heavy atom. The Hall–Kier alpha value is -1.34. The summed E-state index contributed by atoms with van der Waals surface area (Å²) >= 11 is 5.89. The third kappa shape index (κ3) is 2.33. The minimum absolute atomic E-state index is 0.767. The number of pyridine rings is 1. The summed E-state index contributed by atoms with van der Waals surface area (Å²) in [5, 5.41) is 0.767. The van der Waals surface area contributed by atoms with E-state index in [0.717, 1.165) is 11.6 Å². The van der Waals surface area contributed by atoms with Crippen LogP contribution < -0.4 is 4.57 Å². The van der Waals surface area contributed by atoms with Crippen LogP contribution in [-0.4, -0.2) is 0 Å². The molecule has 2 rings (SSSR count). The lowest BCUT2D eigenvalue weighted by Gasteiger charge is -1.96. The third-order valence-electron chi connectivity index (χ3n) is 2.03. The molecule has 2 aromatic rings. The Labute approximate surface area is 88.6 Å². The second-order valence-electron chi connectivity index (χ2n) is 3.18. The molecule has 0 aliphatic rings. The van der Waals surface area contributed by atoms with E-state index in [-0.39, 0.29) is 0 Å². The first kappa shape index (κ1) is 9.22. The van der Waals surface area contributed by atoms with E-state index >= 15 is 0 Å². The number of nitrogens with zero attached hydrogens (tertiary/aromatic N) is 1. The van der Waals surface area contributed by atoms with Crippen molar-refractivity contribution < 1.29 is 4.57 Å². The van der Waals surface area contributed by atoms with Gasteiger partial charge >= 0.3 is 0 Å². The van der Waals surface area contributed by atoms with Crippen molar-refractivity contribution in [3.63, 3.8) is 0 Å². The predicted octanol–water partition coefficient (Wildman–Crippen LogP) is 2.68. The topological polar surface area (TPSA) is 3.88 Å². The van der Waals surface area contributed by atoms with Crippen LogP contribution in [0.3, 0.4) is 0 Å². The molecule has 0 fully saturated rings. The van der Waals surface area contributed by atoms with Gasteiger partial charge in [-0.1, -0.05) is 41.9 Å². The summed E-state index contributed by atoms with van der Waals surface area (Å²) in [6.07, 6.45) is 3.94. The first-order chi connectivity index (χ1) is 6.84. The lowest BCUT2D eigenvalue weighted by Crippen LogP contribution is -2.33. The highest BCUT2D eigenvalue weighted by atomic mass is 35.5. The van der Waals surface area contributed by atoms with Gasteiger partial charge in [-0.15, -0.1) is 0 Å². The molecule has 0 unspecified atom stereocenters. The van der Waals surface area contributed by atoms with E-state index in [0.29, 0.717) is 0 Å². The number of hydrogen-bond donors (Lipinski definition) is 0. The van der Waals surface area contributed by atoms with Gasteiger partial charge in [0, 0.05) is 11.6 Å². The molecule has 1 heterocycles. The van der Waals surface area contributed by atoms with Crippen LogP contribution in [-0.2, 0) is 6.54 Å². The van der Waals surface area contributed by atoms with E-state index in [2.05, 4.69) is 16.7 Å². The standard InChI is InChI=1S/C12H11ClN/c13-12-7-4-8-14(10-12)9-11-5-2-1-3-6-11/h1-8,10H,9H2/q+1. The number of hydrogen-bond acceptors (Lipinski definition) is 0. The largest absolute Gasteiger partial charge is 0.199 e. The van der Waals surface area contributed by atoms with Gasteiger partial charge in [0.25, 0.3) is 0 Å². The quantitative estimate of drug-likeness (QED) is 0.663. The maximum Gasteiger partial charge on any atom is 0.187 e. The molecule has 2 heteroatoms. The summed E-state index contributed by atoms with van der Waals surface area (Å²) in [7, 11) is 0. The minimum atomic E-state index is 0.767. The minimum Gasteiger partial charge on any atom is -0.199 e. The van der Waals surface area contributed by atoms with Crippen LogP contribution in [0.5, 0.6) is 0 Å². The highest BCUT2D eigenvalue weighted by Gasteiger charge is 2.01. The van der Waals surface area contributed by atoms with Crippen LogP contribution in [0.2, 0.25) is 5.02 Å². The van der Waals surface area contributed by atoms with E-state index < -0.39 is 0 Å². The molecule has 0 radical (unpaired) electrons. The molecule has 0 bridgehead atoms. The van der Waals surface area contributed by atoms with E-state index in [1.807, 2.05) is 42.7 Å². The molecule has 14 heavy (non-hydrogen) atoms. The van der Waals surface area contributed by atoms with Gasteiger partial charge in [0.2, 0.25) is 0 Å². The Morgan fingerprint density at radius 1 is 1.00 bits per heavy atom. The van der Waals surface area contributed by atoms with Gasteiger partial charge in [-0.2, -0.15) is 4.57 Å². The van der Waals surface area contributed by atoms with Crippen molar-refractivity contribution in [2.45, 2.75) is 6.54 Å². The average Bonchev–Trinajstić information content (AvgIpc) is 2.19. The molecular formula is C12H11ClN+. The SMILES string of the molecule is Clc1ccc[n+](Cc2ccccc2)c1. The van der Waals surface area contributed by atoms with E-state index in [1.54, 1.807) is 0 Å². The average molecular weight is 205 g/mol. The van der Waals surface area contributed by atoms with Gasteiger partial charge < -0.3 is 0 Å². The number of rotatable bonds is 2. The fourth-order valence-electron chi connectivity index (χ4n) is 1.38. The molecule has 0 aliphatic heterocycles. The first-order valence-corrected chi connectivity index (χ1v) is 4.91. The van der Waals surface area contributed by atoms with Crippen LogP contribution in [0.4, 0.5) is 0 Å². The van der Waals surface area contributed by atoms with Crippen molar-refractivity contribution in [1.29, 1.82) is 0 Å². The molecular weight excluding hydrogens is 194 g/mol. The molecule has 0 aliphatic carbocycles. The Morgan fingerprint density at radius 2 is 1.79 bits per heavy atom. The maximum absolute atomic E-state index is 5.89. The number of aromatic nitrogens is 1. The Kier molecular flexibility index (Phi) is 2.80. The van der Waals surface area contributed by atoms with Gasteiger partial charge in [0.1, 0.15) is 5.02 Å². The van der Waals surface area contributed by atoms with Gasteiger partial charge in [0.15, 0.2) is 18.9 Å². The molecule has 0 spiro atoms. The smallest absolute Gasteiger partial charge is 0.187 e. The number of halogens is 1. The van der Waals surface area contributed by atoms with Crippen molar-refractivity contribution in [2.75, 3.05) is 0 Å². The zero-order valence-corrected chi connectivity index (χ0v) is 8.48. The summed E-state index contributed by atoms with van der Waals surface area (Å²) in [5.41, 5.74) is 1.28. The van der Waals surface area contributed by atoms with Crippen molar-refractivity contribution in [2.24, 2.45) is 0 Å². The van der Waals surface area contributed by atoms with Crippen molar-refractivity contribution in [3.05, 3.63) is 65.4 Å². The van der Waals surface area contributed by atoms with Crippen LogP contribution >= 0.6 is 11.6 Å². The second-order valence-corrected chi connectivity index (χ2v) is 3.62. The molecule has 0 saturated carbocycles.